The van der Waals surface area contributed by atoms with E-state index in [9.17, 15) is 9.59 Å². The minimum absolute atomic E-state index is 0.00763. The molecule has 0 spiro atoms. The Morgan fingerprint density at radius 2 is 0.971 bits per heavy atom. The molecule has 0 aromatic heterocycles. The number of likely N-dealkylation sites (N-methyl/N-ethyl adjacent to an activating group) is 2. The molecule has 17 heteroatoms. The molecule has 0 aliphatic carbocycles. The van der Waals surface area contributed by atoms with Gasteiger partial charge in [0.15, 0.2) is 46.0 Å². The van der Waals surface area contributed by atoms with Crippen LogP contribution >= 0.6 is 11.6 Å². The summed E-state index contributed by atoms with van der Waals surface area (Å²) in [6.45, 7) is 3.69. The average molecular weight is 976 g/mol. The minimum atomic E-state index is -0.789. The van der Waals surface area contributed by atoms with Crippen molar-refractivity contribution in [3.05, 3.63) is 93.0 Å². The maximum atomic E-state index is 13.1. The molecule has 0 fully saturated rings. The second kappa shape index (κ2) is 21.2. The minimum Gasteiger partial charge on any atom is -0.493 e. The van der Waals surface area contributed by atoms with Gasteiger partial charge in [-0.1, -0.05) is 11.6 Å². The average Bonchev–Trinajstić information content (AvgIpc) is 4.03. The Hall–Kier alpha value is -6.23. The van der Waals surface area contributed by atoms with Crippen LogP contribution in [0.1, 0.15) is 58.3 Å². The maximum Gasteiger partial charge on any atom is 0.350 e. The smallest absolute Gasteiger partial charge is 0.350 e. The molecule has 1 unspecified atom stereocenters. The molecule has 4 aliphatic heterocycles. The van der Waals surface area contributed by atoms with Gasteiger partial charge in [-0.05, 0) is 70.8 Å². The van der Waals surface area contributed by atoms with Crippen LogP contribution < -0.4 is 47.4 Å². The number of halogens is 1. The lowest BCUT2D eigenvalue weighted by molar-refractivity contribution is -0.941. The van der Waals surface area contributed by atoms with Crippen molar-refractivity contribution in [1.82, 2.24) is 0 Å². The number of methoxy groups -OCH3 is 6. The number of carbonyl (C=O) groups excluding carboxylic acids is 2. The molecule has 0 saturated heterocycles. The van der Waals surface area contributed by atoms with Crippen molar-refractivity contribution in [2.45, 2.75) is 50.6 Å². The number of ether oxygens (including phenoxy) is 12. The molecule has 4 aromatic rings. The first-order valence-corrected chi connectivity index (χ1v) is 23.5. The largest absolute Gasteiger partial charge is 0.493 e. The van der Waals surface area contributed by atoms with E-state index in [1.165, 1.54) is 22.3 Å². The van der Waals surface area contributed by atoms with E-state index in [-0.39, 0.29) is 43.9 Å². The van der Waals surface area contributed by atoms with Gasteiger partial charge in [-0.3, -0.25) is 0 Å². The Balaban J connectivity index is 0.877. The predicted octanol–water partition coefficient (Wildman–Crippen LogP) is 7.46. The number of hydrogen-bond donors (Lipinski definition) is 0. The number of rotatable bonds is 20. The number of quaternary nitrogens is 2. The van der Waals surface area contributed by atoms with Gasteiger partial charge in [-0.15, -0.1) is 0 Å². The van der Waals surface area contributed by atoms with Crippen LogP contribution in [0.4, 0.5) is 0 Å². The Morgan fingerprint density at radius 1 is 0.580 bits per heavy atom. The number of nitrogens with zero attached hydrogens (tertiary/aromatic N) is 2. The van der Waals surface area contributed by atoms with E-state index in [0.717, 1.165) is 66.1 Å². The first-order valence-electron chi connectivity index (χ1n) is 23.2. The summed E-state index contributed by atoms with van der Waals surface area (Å²) in [7, 11) is 14.1. The molecule has 4 atom stereocenters. The van der Waals surface area contributed by atoms with Crippen LogP contribution in [-0.4, -0.2) is 131 Å². The molecule has 370 valence electrons. The molecule has 0 N–H and O–H groups in total. The summed E-state index contributed by atoms with van der Waals surface area (Å²) >= 11 is 6.35. The van der Waals surface area contributed by atoms with Gasteiger partial charge in [0, 0.05) is 55.7 Å². The molecule has 4 aromatic carbocycles. The highest BCUT2D eigenvalue weighted by Gasteiger charge is 2.42. The fraction of sp³-hybridized carbons (Fsp3) is 0.462. The maximum absolute atomic E-state index is 13.1. The molecule has 8 rings (SSSR count). The monoisotopic (exact) mass is 974 g/mol. The Morgan fingerprint density at radius 3 is 1.36 bits per heavy atom. The molecule has 4 aliphatic rings. The number of fused-ring (bicyclic) bond motifs is 4. The Kier molecular flexibility index (Phi) is 15.1. The molecule has 0 bridgehead atoms. The second-order valence-corrected chi connectivity index (χ2v) is 18.6. The summed E-state index contributed by atoms with van der Waals surface area (Å²) in [5, 5.41) is -0.348. The quantitative estimate of drug-likeness (QED) is 0.0374. The Bertz CT molecular complexity index is 2530. The highest BCUT2D eigenvalue weighted by atomic mass is 35.5. The van der Waals surface area contributed by atoms with E-state index in [4.69, 9.17) is 68.4 Å². The molecule has 69 heavy (non-hydrogen) atoms. The Labute approximate surface area is 408 Å². The van der Waals surface area contributed by atoms with Crippen molar-refractivity contribution in [1.29, 1.82) is 0 Å². The van der Waals surface area contributed by atoms with Crippen LogP contribution in [-0.2, 0) is 44.7 Å². The highest BCUT2D eigenvalue weighted by molar-refractivity contribution is 6.42. The summed E-state index contributed by atoms with van der Waals surface area (Å²) < 4.78 is 69.6. The van der Waals surface area contributed by atoms with Crippen molar-refractivity contribution >= 4 is 23.5 Å². The third-order valence-electron chi connectivity index (χ3n) is 14.1. The topological polar surface area (TPSA) is 145 Å². The van der Waals surface area contributed by atoms with Crippen molar-refractivity contribution in [2.24, 2.45) is 0 Å². The van der Waals surface area contributed by atoms with Crippen molar-refractivity contribution in [3.63, 3.8) is 0 Å². The van der Waals surface area contributed by atoms with E-state index in [1.54, 1.807) is 42.7 Å². The standard InChI is InChI=1S/C52H63ClN2O14/c1-54(15-11-34-25-41-43(68-30-66-41)27-36(34)39(54)19-32-21-45(58-3)50(62-7)46(22-32)59-4)13-9-17-64-49(56)29-38(53)52(57)65-18-10-14-55(2)16-12-35-26-42-44(69-31-67-42)28-37(35)40(55)20-33-23-47(60-5)51(63-8)48(24-33)61-6/h21-29,39-40H,9-20,30-31H2,1-8H3/q+2/b38-29-/t39-,40?,54-,55-/m1/s1. The summed E-state index contributed by atoms with van der Waals surface area (Å²) in [5.74, 6) is 4.84. The van der Waals surface area contributed by atoms with Crippen LogP contribution in [0.15, 0.2) is 59.6 Å². The summed E-state index contributed by atoms with van der Waals surface area (Å²) in [5.41, 5.74) is 6.79. The van der Waals surface area contributed by atoms with Gasteiger partial charge in [0.05, 0.1) is 96.1 Å². The molecule has 16 nitrogen and oxygen atoms in total. The molecule has 0 radical (unpaired) electrons. The summed E-state index contributed by atoms with van der Waals surface area (Å²) in [6.07, 6.45) is 5.09. The second-order valence-electron chi connectivity index (χ2n) is 18.2. The lowest BCUT2D eigenvalue weighted by Crippen LogP contribution is -2.52. The lowest BCUT2D eigenvalue weighted by Gasteiger charge is -2.46. The molecule has 0 amide bonds. The van der Waals surface area contributed by atoms with E-state index >= 15 is 0 Å². The number of carbonyl (C=O) groups is 2. The lowest BCUT2D eigenvalue weighted by atomic mass is 9.86. The first kappa shape index (κ1) is 49.2. The number of benzene rings is 4. The van der Waals surface area contributed by atoms with Gasteiger partial charge in [0.1, 0.15) is 17.1 Å². The van der Waals surface area contributed by atoms with Gasteiger partial charge in [-0.2, -0.15) is 0 Å². The predicted molar refractivity (Wildman–Crippen MR) is 255 cm³/mol. The van der Waals surface area contributed by atoms with Crippen LogP contribution in [0, 0.1) is 0 Å². The van der Waals surface area contributed by atoms with Crippen molar-refractivity contribution in [3.8, 4) is 57.5 Å². The normalized spacial score (nSPS) is 20.9. The number of esters is 2. The van der Waals surface area contributed by atoms with Gasteiger partial charge in [0.25, 0.3) is 0 Å². The highest BCUT2D eigenvalue weighted by Crippen LogP contribution is 2.48. The molecule has 4 heterocycles. The summed E-state index contributed by atoms with van der Waals surface area (Å²) in [6, 6.07) is 16.3. The number of hydrogen-bond acceptors (Lipinski definition) is 14. The zero-order chi connectivity index (χ0) is 48.9. The third kappa shape index (κ3) is 10.4. The SMILES string of the molecule is COc1cc(CC2c3cc4c(cc3CC[N@@+]2(C)CCCOC(=O)/C(Cl)=C/C(=O)OCCC[N@+]2(C)CCc3cc5c(cc3[C@H]2Cc2cc(OC)c(OC)c(OC)c2)OCO5)OCO4)cc(OC)c1OC. The van der Waals surface area contributed by atoms with Gasteiger partial charge in [-0.25, -0.2) is 9.59 Å². The van der Waals surface area contributed by atoms with Crippen LogP contribution in [0.3, 0.4) is 0 Å². The first-order chi connectivity index (χ1) is 33.3. The van der Waals surface area contributed by atoms with E-state index in [2.05, 4.69) is 38.4 Å². The van der Waals surface area contributed by atoms with E-state index in [1.807, 2.05) is 24.3 Å². The summed E-state index contributed by atoms with van der Waals surface area (Å²) in [4.78, 5) is 26.1. The van der Waals surface area contributed by atoms with Crippen molar-refractivity contribution < 1.29 is 75.4 Å². The molecular weight excluding hydrogens is 912 g/mol. The van der Waals surface area contributed by atoms with Crippen LogP contribution in [0.5, 0.6) is 57.5 Å². The third-order valence-corrected chi connectivity index (χ3v) is 14.4. The van der Waals surface area contributed by atoms with Gasteiger partial charge >= 0.3 is 11.9 Å². The van der Waals surface area contributed by atoms with E-state index in [0.29, 0.717) is 82.2 Å². The van der Waals surface area contributed by atoms with Gasteiger partial charge < -0.3 is 65.8 Å². The van der Waals surface area contributed by atoms with E-state index < -0.39 is 11.9 Å². The van der Waals surface area contributed by atoms with Crippen LogP contribution in [0.25, 0.3) is 0 Å². The fourth-order valence-electron chi connectivity index (χ4n) is 10.4. The van der Waals surface area contributed by atoms with Crippen molar-refractivity contribution in [2.75, 3.05) is 110 Å². The fourth-order valence-corrected chi connectivity index (χ4v) is 10.5. The molecule has 0 saturated carbocycles. The zero-order valence-corrected chi connectivity index (χ0v) is 41.5. The molecular formula is C52H63ClN2O14+2. The zero-order valence-electron chi connectivity index (χ0n) is 40.7. The van der Waals surface area contributed by atoms with Crippen LogP contribution in [0.2, 0.25) is 0 Å². The van der Waals surface area contributed by atoms with Gasteiger partial charge in [0.2, 0.25) is 25.1 Å².